The minimum absolute atomic E-state index is 0.158. The number of hydrogen-bond donors (Lipinski definition) is 1. The van der Waals surface area contributed by atoms with Gasteiger partial charge in [0.15, 0.2) is 0 Å². The second kappa shape index (κ2) is 6.04. The summed E-state index contributed by atoms with van der Waals surface area (Å²) in [6, 6.07) is 5.26. The first-order chi connectivity index (χ1) is 9.40. The zero-order chi connectivity index (χ0) is 14.9. The third kappa shape index (κ3) is 3.08. The van der Waals surface area contributed by atoms with Crippen molar-refractivity contribution in [2.45, 2.75) is 26.5 Å². The molecule has 2 N–H and O–H groups in total. The Kier molecular flexibility index (Phi) is 4.58. The van der Waals surface area contributed by atoms with Crippen molar-refractivity contribution in [1.82, 2.24) is 9.78 Å². The van der Waals surface area contributed by atoms with Crippen molar-refractivity contribution in [1.29, 1.82) is 0 Å². The van der Waals surface area contributed by atoms with Gasteiger partial charge in [0.25, 0.3) is 0 Å². The molecule has 1 atom stereocenters. The van der Waals surface area contributed by atoms with E-state index in [1.54, 1.807) is 17.8 Å². The van der Waals surface area contributed by atoms with Crippen LogP contribution in [0.4, 0.5) is 0 Å². The van der Waals surface area contributed by atoms with Crippen LogP contribution in [0.5, 0.6) is 5.75 Å². The second-order valence-corrected chi connectivity index (χ2v) is 5.53. The molecule has 20 heavy (non-hydrogen) atoms. The largest absolute Gasteiger partial charge is 0.488 e. The predicted molar refractivity (Wildman–Crippen MR) is 81.3 cm³/mol. The van der Waals surface area contributed by atoms with Crippen molar-refractivity contribution in [2.24, 2.45) is 12.8 Å². The summed E-state index contributed by atoms with van der Waals surface area (Å²) >= 11 is 12.2. The van der Waals surface area contributed by atoms with Crippen molar-refractivity contribution in [3.63, 3.8) is 0 Å². The highest BCUT2D eigenvalue weighted by Gasteiger charge is 2.14. The minimum atomic E-state index is -0.158. The molecule has 0 aliphatic carbocycles. The molecule has 4 nitrogen and oxygen atoms in total. The van der Waals surface area contributed by atoms with E-state index in [4.69, 9.17) is 33.7 Å². The standard InChI is InChI=1S/C14H17Cl2N3O/c1-8(17)11-6-10(15)4-5-13(11)20-7-12-9(2)18-19(3)14(12)16/h4-6,8H,7,17H2,1-3H3/t8-/m0/s1. The summed E-state index contributed by atoms with van der Waals surface area (Å²) in [6.07, 6.45) is 0. The lowest BCUT2D eigenvalue weighted by Gasteiger charge is -2.14. The maximum atomic E-state index is 6.18. The van der Waals surface area contributed by atoms with E-state index in [-0.39, 0.29) is 6.04 Å². The molecule has 1 aromatic carbocycles. The average Bonchev–Trinajstić information content (AvgIpc) is 2.62. The molecule has 0 radical (unpaired) electrons. The fourth-order valence-electron chi connectivity index (χ4n) is 1.99. The van der Waals surface area contributed by atoms with Crippen LogP contribution in [-0.4, -0.2) is 9.78 Å². The molecule has 0 aliphatic rings. The lowest BCUT2D eigenvalue weighted by atomic mass is 10.1. The number of rotatable bonds is 4. The van der Waals surface area contributed by atoms with Crippen LogP contribution in [0.1, 0.15) is 29.8 Å². The first-order valence-electron chi connectivity index (χ1n) is 6.26. The number of aryl methyl sites for hydroxylation is 2. The van der Waals surface area contributed by atoms with Crippen molar-refractivity contribution >= 4 is 23.2 Å². The number of ether oxygens (including phenoxy) is 1. The van der Waals surface area contributed by atoms with Crippen molar-refractivity contribution in [2.75, 3.05) is 0 Å². The molecule has 0 fully saturated rings. The Morgan fingerprint density at radius 1 is 1.40 bits per heavy atom. The van der Waals surface area contributed by atoms with Gasteiger partial charge in [0.1, 0.15) is 17.5 Å². The summed E-state index contributed by atoms with van der Waals surface area (Å²) in [5.41, 5.74) is 8.54. The molecule has 2 aromatic rings. The molecule has 0 amide bonds. The van der Waals surface area contributed by atoms with Gasteiger partial charge in [-0.1, -0.05) is 23.2 Å². The van der Waals surface area contributed by atoms with Gasteiger partial charge in [-0.2, -0.15) is 5.10 Å². The van der Waals surface area contributed by atoms with E-state index in [1.165, 1.54) is 0 Å². The number of hydrogen-bond acceptors (Lipinski definition) is 3. The smallest absolute Gasteiger partial charge is 0.133 e. The van der Waals surface area contributed by atoms with Crippen LogP contribution in [0, 0.1) is 6.92 Å². The maximum absolute atomic E-state index is 6.18. The highest BCUT2D eigenvalue weighted by molar-refractivity contribution is 6.30. The lowest BCUT2D eigenvalue weighted by molar-refractivity contribution is 0.301. The Morgan fingerprint density at radius 2 is 2.10 bits per heavy atom. The van der Waals surface area contributed by atoms with Crippen molar-refractivity contribution < 1.29 is 4.74 Å². The Labute approximate surface area is 128 Å². The highest BCUT2D eigenvalue weighted by atomic mass is 35.5. The Bertz CT molecular complexity index is 623. The zero-order valence-electron chi connectivity index (χ0n) is 11.7. The molecule has 0 aliphatic heterocycles. The lowest BCUT2D eigenvalue weighted by Crippen LogP contribution is -2.08. The fraction of sp³-hybridized carbons (Fsp3) is 0.357. The Hall–Kier alpha value is -1.23. The van der Waals surface area contributed by atoms with Crippen molar-refractivity contribution in [3.05, 3.63) is 45.2 Å². The first kappa shape index (κ1) is 15.2. The minimum Gasteiger partial charge on any atom is -0.488 e. The summed E-state index contributed by atoms with van der Waals surface area (Å²) in [6.45, 7) is 4.14. The van der Waals surface area contributed by atoms with Gasteiger partial charge < -0.3 is 10.5 Å². The van der Waals surface area contributed by atoms with Gasteiger partial charge in [-0.25, -0.2) is 0 Å². The molecule has 0 saturated heterocycles. The van der Waals surface area contributed by atoms with Crippen molar-refractivity contribution in [3.8, 4) is 5.75 Å². The fourth-order valence-corrected chi connectivity index (χ4v) is 2.40. The second-order valence-electron chi connectivity index (χ2n) is 4.74. The van der Waals surface area contributed by atoms with Gasteiger partial charge >= 0.3 is 0 Å². The molecule has 0 spiro atoms. The quantitative estimate of drug-likeness (QED) is 0.937. The van der Waals surface area contributed by atoms with Crippen LogP contribution in [0.15, 0.2) is 18.2 Å². The van der Waals surface area contributed by atoms with Crippen LogP contribution in [0.3, 0.4) is 0 Å². The average molecular weight is 314 g/mol. The molecule has 0 bridgehead atoms. The summed E-state index contributed by atoms with van der Waals surface area (Å²) < 4.78 is 7.47. The van der Waals surface area contributed by atoms with Crippen LogP contribution in [0.25, 0.3) is 0 Å². The van der Waals surface area contributed by atoms with E-state index in [1.807, 2.05) is 26.0 Å². The SMILES string of the molecule is Cc1nn(C)c(Cl)c1COc1ccc(Cl)cc1[C@H](C)N. The van der Waals surface area contributed by atoms with Gasteiger partial charge in [0.05, 0.1) is 5.69 Å². The molecule has 108 valence electrons. The summed E-state index contributed by atoms with van der Waals surface area (Å²) in [5.74, 6) is 0.712. The van der Waals surface area contributed by atoms with Crippen LogP contribution in [-0.2, 0) is 13.7 Å². The molecule has 0 saturated carbocycles. The van der Waals surface area contributed by atoms with E-state index in [9.17, 15) is 0 Å². The van der Waals surface area contributed by atoms with E-state index in [0.29, 0.717) is 22.5 Å². The summed E-state index contributed by atoms with van der Waals surface area (Å²) in [4.78, 5) is 0. The zero-order valence-corrected chi connectivity index (χ0v) is 13.2. The van der Waals surface area contributed by atoms with Gasteiger partial charge in [0.2, 0.25) is 0 Å². The molecule has 6 heteroatoms. The van der Waals surface area contributed by atoms with Crippen LogP contribution < -0.4 is 10.5 Å². The van der Waals surface area contributed by atoms with Gasteiger partial charge in [-0.15, -0.1) is 0 Å². The topological polar surface area (TPSA) is 53.1 Å². The van der Waals surface area contributed by atoms with E-state index in [0.717, 1.165) is 16.8 Å². The van der Waals surface area contributed by atoms with Gasteiger partial charge in [-0.05, 0) is 32.0 Å². The third-order valence-corrected chi connectivity index (χ3v) is 3.81. The maximum Gasteiger partial charge on any atom is 0.133 e. The number of aromatic nitrogens is 2. The van der Waals surface area contributed by atoms with E-state index < -0.39 is 0 Å². The van der Waals surface area contributed by atoms with E-state index >= 15 is 0 Å². The van der Waals surface area contributed by atoms with E-state index in [2.05, 4.69) is 5.10 Å². The summed E-state index contributed by atoms with van der Waals surface area (Å²) in [5, 5.41) is 5.47. The number of nitrogens with zero attached hydrogens (tertiary/aromatic N) is 2. The normalized spacial score (nSPS) is 12.5. The number of halogens is 2. The first-order valence-corrected chi connectivity index (χ1v) is 7.01. The molecular weight excluding hydrogens is 297 g/mol. The van der Waals surface area contributed by atoms with Crippen LogP contribution >= 0.6 is 23.2 Å². The Balaban J connectivity index is 2.23. The monoisotopic (exact) mass is 313 g/mol. The molecule has 1 heterocycles. The molecule has 2 rings (SSSR count). The highest BCUT2D eigenvalue weighted by Crippen LogP contribution is 2.29. The molecular formula is C14H17Cl2N3O. The van der Waals surface area contributed by atoms with Crippen LogP contribution in [0.2, 0.25) is 10.2 Å². The third-order valence-electron chi connectivity index (χ3n) is 3.10. The molecule has 1 aromatic heterocycles. The van der Waals surface area contributed by atoms with Gasteiger partial charge in [-0.3, -0.25) is 4.68 Å². The number of nitrogens with two attached hydrogens (primary N) is 1. The number of benzene rings is 1. The Morgan fingerprint density at radius 3 is 2.65 bits per heavy atom. The van der Waals surface area contributed by atoms with Gasteiger partial charge in [0, 0.05) is 29.2 Å². The summed E-state index contributed by atoms with van der Waals surface area (Å²) in [7, 11) is 1.80. The predicted octanol–water partition coefficient (Wildman–Crippen LogP) is 3.63. The molecule has 0 unspecified atom stereocenters.